The van der Waals surface area contributed by atoms with E-state index in [-0.39, 0.29) is 0 Å². The second-order valence-corrected chi connectivity index (χ2v) is 7.40. The van der Waals surface area contributed by atoms with Crippen LogP contribution in [0, 0.1) is 6.92 Å². The van der Waals surface area contributed by atoms with Crippen LogP contribution < -0.4 is 0 Å². The molecule has 2 heterocycles. The maximum Gasteiger partial charge on any atom is 0.211 e. The van der Waals surface area contributed by atoms with Crippen molar-refractivity contribution in [2.45, 2.75) is 13.5 Å². The molecule has 2 rings (SSSR count). The molecule has 1 fully saturated rings. The van der Waals surface area contributed by atoms with Crippen molar-refractivity contribution in [2.24, 2.45) is 0 Å². The molecule has 0 aliphatic carbocycles. The van der Waals surface area contributed by atoms with E-state index in [1.807, 2.05) is 6.92 Å². The Balaban J connectivity index is 1.87. The number of hydrogen-bond donors (Lipinski definition) is 0. The predicted molar refractivity (Wildman–Crippen MR) is 66.3 cm³/mol. The van der Waals surface area contributed by atoms with Crippen molar-refractivity contribution in [1.29, 1.82) is 0 Å². The quantitative estimate of drug-likeness (QED) is 0.773. The Labute approximate surface area is 105 Å². The minimum Gasteiger partial charge on any atom is -0.294 e. The molecule has 8 heteroatoms. The van der Waals surface area contributed by atoms with Crippen LogP contribution in [0.2, 0.25) is 0 Å². The van der Waals surface area contributed by atoms with Gasteiger partial charge in [-0.2, -0.15) is 4.31 Å². The summed E-state index contributed by atoms with van der Waals surface area (Å²) < 4.78 is 24.2. The lowest BCUT2D eigenvalue weighted by Crippen LogP contribution is -2.47. The summed E-state index contributed by atoms with van der Waals surface area (Å²) >= 11 is 1.59. The lowest BCUT2D eigenvalue weighted by molar-refractivity contribution is 0.181. The molecule has 0 spiro atoms. The number of piperazine rings is 1. The van der Waals surface area contributed by atoms with Crippen molar-refractivity contribution < 1.29 is 8.42 Å². The minimum atomic E-state index is -3.04. The maximum atomic E-state index is 11.3. The van der Waals surface area contributed by atoms with Gasteiger partial charge in [-0.3, -0.25) is 4.90 Å². The summed E-state index contributed by atoms with van der Waals surface area (Å²) in [6.07, 6.45) is 1.26. The fourth-order valence-electron chi connectivity index (χ4n) is 1.81. The third-order valence-electron chi connectivity index (χ3n) is 2.73. The Morgan fingerprint density at radius 2 is 1.88 bits per heavy atom. The summed E-state index contributed by atoms with van der Waals surface area (Å²) in [6, 6.07) is 0. The molecule has 1 aliphatic rings. The Morgan fingerprint density at radius 1 is 1.24 bits per heavy atom. The number of hydrogen-bond acceptors (Lipinski definition) is 6. The van der Waals surface area contributed by atoms with Crippen LogP contribution in [-0.2, 0) is 16.6 Å². The van der Waals surface area contributed by atoms with Gasteiger partial charge in [0.25, 0.3) is 0 Å². The SMILES string of the molecule is Cc1nnc(CN2CCN(S(C)(=O)=O)CC2)s1. The molecule has 1 aromatic rings. The van der Waals surface area contributed by atoms with E-state index in [9.17, 15) is 8.42 Å². The number of aromatic nitrogens is 2. The second kappa shape index (κ2) is 4.97. The normalized spacial score (nSPS) is 19.6. The summed E-state index contributed by atoms with van der Waals surface area (Å²) in [5.41, 5.74) is 0. The van der Waals surface area contributed by atoms with Gasteiger partial charge in [-0.05, 0) is 6.92 Å². The van der Waals surface area contributed by atoms with Crippen LogP contribution in [0.1, 0.15) is 10.0 Å². The van der Waals surface area contributed by atoms with Crippen LogP contribution in [0.25, 0.3) is 0 Å². The fraction of sp³-hybridized carbons (Fsp3) is 0.778. The van der Waals surface area contributed by atoms with Gasteiger partial charge in [0.15, 0.2) is 0 Å². The smallest absolute Gasteiger partial charge is 0.211 e. The molecule has 0 N–H and O–H groups in total. The fourth-order valence-corrected chi connectivity index (χ4v) is 3.39. The van der Waals surface area contributed by atoms with Crippen molar-refractivity contribution in [3.63, 3.8) is 0 Å². The van der Waals surface area contributed by atoms with Gasteiger partial charge in [0, 0.05) is 26.2 Å². The summed E-state index contributed by atoms with van der Waals surface area (Å²) in [4.78, 5) is 2.21. The van der Waals surface area contributed by atoms with E-state index in [1.165, 1.54) is 10.6 Å². The molecular weight excluding hydrogens is 260 g/mol. The van der Waals surface area contributed by atoms with Crippen molar-refractivity contribution in [2.75, 3.05) is 32.4 Å². The van der Waals surface area contributed by atoms with Crippen molar-refractivity contribution in [3.05, 3.63) is 10.0 Å². The zero-order chi connectivity index (χ0) is 12.5. The van der Waals surface area contributed by atoms with Gasteiger partial charge in [-0.25, -0.2) is 8.42 Å². The molecule has 1 aromatic heterocycles. The van der Waals surface area contributed by atoms with E-state index in [2.05, 4.69) is 15.1 Å². The molecule has 0 unspecified atom stereocenters. The molecular formula is C9H16N4O2S2. The Kier molecular flexibility index (Phi) is 3.76. The van der Waals surface area contributed by atoms with E-state index >= 15 is 0 Å². The van der Waals surface area contributed by atoms with Gasteiger partial charge in [-0.15, -0.1) is 21.5 Å². The van der Waals surface area contributed by atoms with Gasteiger partial charge in [0.05, 0.1) is 12.8 Å². The first-order chi connectivity index (χ1) is 7.95. The summed E-state index contributed by atoms with van der Waals surface area (Å²) in [5.74, 6) is 0. The Morgan fingerprint density at radius 3 is 2.35 bits per heavy atom. The first-order valence-electron chi connectivity index (χ1n) is 5.41. The highest BCUT2D eigenvalue weighted by atomic mass is 32.2. The highest BCUT2D eigenvalue weighted by Crippen LogP contribution is 2.13. The van der Waals surface area contributed by atoms with Crippen molar-refractivity contribution in [1.82, 2.24) is 19.4 Å². The van der Waals surface area contributed by atoms with Gasteiger partial charge in [-0.1, -0.05) is 0 Å². The highest BCUT2D eigenvalue weighted by molar-refractivity contribution is 7.88. The van der Waals surface area contributed by atoms with E-state index in [4.69, 9.17) is 0 Å². The molecule has 0 aromatic carbocycles. The van der Waals surface area contributed by atoms with Crippen LogP contribution in [0.15, 0.2) is 0 Å². The average Bonchev–Trinajstić information content (AvgIpc) is 2.63. The zero-order valence-corrected chi connectivity index (χ0v) is 11.6. The van der Waals surface area contributed by atoms with Crippen LogP contribution in [0.4, 0.5) is 0 Å². The van der Waals surface area contributed by atoms with E-state index in [0.29, 0.717) is 13.1 Å². The minimum absolute atomic E-state index is 0.566. The van der Waals surface area contributed by atoms with Gasteiger partial charge < -0.3 is 0 Å². The molecule has 0 radical (unpaired) electrons. The Bertz CT molecular complexity index is 477. The van der Waals surface area contributed by atoms with Gasteiger partial charge in [0.1, 0.15) is 10.0 Å². The molecule has 1 saturated heterocycles. The van der Waals surface area contributed by atoms with E-state index in [0.717, 1.165) is 29.6 Å². The third-order valence-corrected chi connectivity index (χ3v) is 4.85. The number of nitrogens with zero attached hydrogens (tertiary/aromatic N) is 4. The van der Waals surface area contributed by atoms with Crippen LogP contribution in [0.5, 0.6) is 0 Å². The molecule has 0 atom stereocenters. The predicted octanol–water partition coefficient (Wildman–Crippen LogP) is -0.0763. The number of rotatable bonds is 3. The van der Waals surface area contributed by atoms with Gasteiger partial charge >= 0.3 is 0 Å². The molecule has 1 aliphatic heterocycles. The lowest BCUT2D eigenvalue weighted by atomic mass is 10.3. The number of sulfonamides is 1. The molecule has 17 heavy (non-hydrogen) atoms. The van der Waals surface area contributed by atoms with Crippen molar-refractivity contribution >= 4 is 21.4 Å². The average molecular weight is 276 g/mol. The topological polar surface area (TPSA) is 66.4 Å². The largest absolute Gasteiger partial charge is 0.294 e. The molecule has 6 nitrogen and oxygen atoms in total. The van der Waals surface area contributed by atoms with Crippen molar-refractivity contribution in [3.8, 4) is 0 Å². The van der Waals surface area contributed by atoms with Crippen LogP contribution >= 0.6 is 11.3 Å². The molecule has 0 amide bonds. The molecule has 0 saturated carbocycles. The Hall–Kier alpha value is -0.570. The monoisotopic (exact) mass is 276 g/mol. The summed E-state index contributed by atoms with van der Waals surface area (Å²) in [7, 11) is -3.04. The number of aryl methyl sites for hydroxylation is 1. The second-order valence-electron chi connectivity index (χ2n) is 4.15. The summed E-state index contributed by atoms with van der Waals surface area (Å²) in [6.45, 7) is 5.34. The lowest BCUT2D eigenvalue weighted by Gasteiger charge is -2.32. The summed E-state index contributed by atoms with van der Waals surface area (Å²) in [5, 5.41) is 10.0. The van der Waals surface area contributed by atoms with Crippen LogP contribution in [0.3, 0.4) is 0 Å². The standard InChI is InChI=1S/C9H16N4O2S2/c1-8-10-11-9(16-8)7-12-3-5-13(6-4-12)17(2,14)15/h3-7H2,1-2H3. The first-order valence-corrected chi connectivity index (χ1v) is 8.08. The van der Waals surface area contributed by atoms with E-state index < -0.39 is 10.0 Å². The van der Waals surface area contributed by atoms with E-state index in [1.54, 1.807) is 11.3 Å². The van der Waals surface area contributed by atoms with Gasteiger partial charge in [0.2, 0.25) is 10.0 Å². The first kappa shape index (κ1) is 12.9. The molecule has 96 valence electrons. The highest BCUT2D eigenvalue weighted by Gasteiger charge is 2.23. The maximum absolute atomic E-state index is 11.3. The zero-order valence-electron chi connectivity index (χ0n) is 9.96. The third kappa shape index (κ3) is 3.44. The molecule has 0 bridgehead atoms. The van der Waals surface area contributed by atoms with Crippen LogP contribution in [-0.4, -0.2) is 60.3 Å².